The predicted octanol–water partition coefficient (Wildman–Crippen LogP) is 3.70. The Kier molecular flexibility index (Phi) is 4.62. The second kappa shape index (κ2) is 6.84. The number of aromatic nitrogens is 1. The number of hydrogen-bond acceptors (Lipinski definition) is 3. The first kappa shape index (κ1) is 16.2. The molecule has 0 saturated carbocycles. The molecule has 122 valence electrons. The highest BCUT2D eigenvalue weighted by Gasteiger charge is 2.03. The molecule has 0 N–H and O–H groups in total. The van der Waals surface area contributed by atoms with Gasteiger partial charge in [-0.05, 0) is 48.4 Å². The summed E-state index contributed by atoms with van der Waals surface area (Å²) in [5.74, 6) is 0.514. The van der Waals surface area contributed by atoms with Gasteiger partial charge in [0.1, 0.15) is 5.75 Å². The van der Waals surface area contributed by atoms with Crippen molar-refractivity contribution in [1.29, 1.82) is 0 Å². The fourth-order valence-electron chi connectivity index (χ4n) is 2.36. The minimum atomic E-state index is -0.273. The van der Waals surface area contributed by atoms with Crippen LogP contribution < -0.4 is 9.54 Å². The topological polar surface area (TPSA) is 43.6 Å². The maximum Gasteiger partial charge on any atom is 0.272 e. The van der Waals surface area contributed by atoms with Gasteiger partial charge in [-0.1, -0.05) is 29.5 Å². The third-order valence-electron chi connectivity index (χ3n) is 3.70. The number of hydrogen-bond donors (Lipinski definition) is 0. The number of rotatable bonds is 3. The summed E-state index contributed by atoms with van der Waals surface area (Å²) in [5.41, 5.74) is 3.20. The van der Waals surface area contributed by atoms with Crippen LogP contribution in [-0.4, -0.2) is 17.6 Å². The number of fused-ring (bicyclic) bond motifs is 1. The zero-order valence-corrected chi connectivity index (χ0v) is 14.6. The predicted molar refractivity (Wildman–Crippen MR) is 98.1 cm³/mol. The van der Waals surface area contributed by atoms with Crippen molar-refractivity contribution in [3.05, 3.63) is 64.5 Å². The number of carbonyl (C=O) groups is 1. The average Bonchev–Trinajstić information content (AvgIpc) is 2.88. The van der Waals surface area contributed by atoms with Crippen LogP contribution in [0.25, 0.3) is 16.3 Å². The molecule has 0 aliphatic heterocycles. The molecule has 0 aliphatic rings. The van der Waals surface area contributed by atoms with Crippen LogP contribution in [0.2, 0.25) is 0 Å². The third-order valence-corrected chi connectivity index (χ3v) is 4.80. The van der Waals surface area contributed by atoms with E-state index in [1.807, 2.05) is 35.9 Å². The smallest absolute Gasteiger partial charge is 0.272 e. The first-order valence-corrected chi connectivity index (χ1v) is 8.35. The Bertz CT molecular complexity index is 979. The Morgan fingerprint density at radius 1 is 1.21 bits per heavy atom. The summed E-state index contributed by atoms with van der Waals surface area (Å²) in [7, 11) is 3.55. The molecular formula is C19H18N2O2S. The molecule has 0 radical (unpaired) electrons. The molecule has 0 spiro atoms. The fraction of sp³-hybridized carbons (Fsp3) is 0.158. The monoisotopic (exact) mass is 338 g/mol. The molecule has 3 rings (SSSR count). The molecule has 4 nitrogen and oxygen atoms in total. The molecule has 0 fully saturated rings. The molecule has 24 heavy (non-hydrogen) atoms. The molecule has 0 bridgehead atoms. The van der Waals surface area contributed by atoms with Gasteiger partial charge < -0.3 is 9.30 Å². The van der Waals surface area contributed by atoms with Crippen LogP contribution >= 0.6 is 11.3 Å². The van der Waals surface area contributed by atoms with E-state index < -0.39 is 0 Å². The lowest BCUT2D eigenvalue weighted by molar-refractivity contribution is -0.113. The summed E-state index contributed by atoms with van der Waals surface area (Å²) in [6.07, 6.45) is 3.24. The Balaban J connectivity index is 1.86. The molecule has 0 unspecified atom stereocenters. The van der Waals surface area contributed by atoms with Gasteiger partial charge in [-0.25, -0.2) is 0 Å². The number of nitrogens with zero attached hydrogens (tertiary/aromatic N) is 2. The summed E-state index contributed by atoms with van der Waals surface area (Å²) in [6.45, 7) is 2.05. The van der Waals surface area contributed by atoms with Gasteiger partial charge in [-0.2, -0.15) is 4.99 Å². The van der Waals surface area contributed by atoms with E-state index in [-0.39, 0.29) is 5.91 Å². The highest BCUT2D eigenvalue weighted by Crippen LogP contribution is 2.18. The maximum absolute atomic E-state index is 12.1. The van der Waals surface area contributed by atoms with Crippen molar-refractivity contribution in [1.82, 2.24) is 4.57 Å². The Morgan fingerprint density at radius 2 is 1.96 bits per heavy atom. The molecule has 5 heteroatoms. The number of amides is 1. The van der Waals surface area contributed by atoms with Crippen molar-refractivity contribution < 1.29 is 9.53 Å². The highest BCUT2D eigenvalue weighted by atomic mass is 32.1. The van der Waals surface area contributed by atoms with Crippen molar-refractivity contribution >= 4 is 33.5 Å². The van der Waals surface area contributed by atoms with E-state index in [2.05, 4.69) is 30.1 Å². The summed E-state index contributed by atoms with van der Waals surface area (Å²) in [6, 6.07) is 13.7. The van der Waals surface area contributed by atoms with Gasteiger partial charge in [-0.3, -0.25) is 4.79 Å². The first-order chi connectivity index (χ1) is 11.6. The minimum absolute atomic E-state index is 0.273. The van der Waals surface area contributed by atoms with Gasteiger partial charge in [0.05, 0.1) is 17.3 Å². The third kappa shape index (κ3) is 3.46. The van der Waals surface area contributed by atoms with Crippen molar-refractivity contribution in [3.63, 3.8) is 0 Å². The quantitative estimate of drug-likeness (QED) is 0.684. The molecule has 1 heterocycles. The van der Waals surface area contributed by atoms with E-state index in [4.69, 9.17) is 4.74 Å². The molecule has 0 saturated heterocycles. The van der Waals surface area contributed by atoms with Crippen molar-refractivity contribution in [3.8, 4) is 5.75 Å². The Morgan fingerprint density at radius 3 is 2.67 bits per heavy atom. The van der Waals surface area contributed by atoms with Crippen molar-refractivity contribution in [2.24, 2.45) is 12.0 Å². The second-order valence-corrected chi connectivity index (χ2v) is 6.48. The zero-order valence-electron chi connectivity index (χ0n) is 13.8. The molecule has 1 amide bonds. The number of carbonyl (C=O) groups excluding carboxylic acids is 1. The lowest BCUT2D eigenvalue weighted by Gasteiger charge is -1.98. The van der Waals surface area contributed by atoms with Gasteiger partial charge in [0.2, 0.25) is 0 Å². The van der Waals surface area contributed by atoms with Gasteiger partial charge in [0.15, 0.2) is 4.80 Å². The molecule has 0 aliphatic carbocycles. The van der Waals surface area contributed by atoms with Crippen LogP contribution in [0.4, 0.5) is 0 Å². The van der Waals surface area contributed by atoms with Gasteiger partial charge in [0.25, 0.3) is 5.91 Å². The van der Waals surface area contributed by atoms with Crippen molar-refractivity contribution in [2.75, 3.05) is 7.11 Å². The first-order valence-electron chi connectivity index (χ1n) is 7.54. The van der Waals surface area contributed by atoms with E-state index in [9.17, 15) is 4.79 Å². The summed E-state index contributed by atoms with van der Waals surface area (Å²) in [5, 5.41) is 0. The van der Waals surface area contributed by atoms with Crippen LogP contribution in [0.3, 0.4) is 0 Å². The average molecular weight is 338 g/mol. The zero-order chi connectivity index (χ0) is 17.1. The standard InChI is InChI=1S/C19H18N2O2S/c1-13-4-10-16-17(12-13)24-19(21(16)2)20-18(22)11-7-14-5-8-15(23-3)9-6-14/h4-12H,1-3H3. The van der Waals surface area contributed by atoms with Crippen LogP contribution in [0, 0.1) is 6.92 Å². The lowest BCUT2D eigenvalue weighted by atomic mass is 10.2. The van der Waals surface area contributed by atoms with Crippen LogP contribution in [0.1, 0.15) is 11.1 Å². The van der Waals surface area contributed by atoms with Gasteiger partial charge >= 0.3 is 0 Å². The summed E-state index contributed by atoms with van der Waals surface area (Å²) in [4.78, 5) is 17.0. The van der Waals surface area contributed by atoms with Crippen LogP contribution in [0.15, 0.2) is 53.5 Å². The van der Waals surface area contributed by atoms with E-state index in [1.165, 1.54) is 23.0 Å². The largest absolute Gasteiger partial charge is 0.497 e. The second-order valence-electron chi connectivity index (χ2n) is 5.47. The summed E-state index contributed by atoms with van der Waals surface area (Å²) >= 11 is 1.52. The van der Waals surface area contributed by atoms with Crippen LogP contribution in [0.5, 0.6) is 5.75 Å². The van der Waals surface area contributed by atoms with Gasteiger partial charge in [0, 0.05) is 13.1 Å². The van der Waals surface area contributed by atoms with E-state index in [0.717, 1.165) is 21.5 Å². The van der Waals surface area contributed by atoms with E-state index >= 15 is 0 Å². The lowest BCUT2D eigenvalue weighted by Crippen LogP contribution is -2.12. The summed E-state index contributed by atoms with van der Waals surface area (Å²) < 4.78 is 8.18. The SMILES string of the molecule is COc1ccc(C=CC(=O)N=c2sc3cc(C)ccc3n2C)cc1. The number of ether oxygens (including phenoxy) is 1. The number of benzene rings is 2. The highest BCUT2D eigenvalue weighted by molar-refractivity contribution is 7.16. The number of aryl methyl sites for hydroxylation is 2. The molecule has 2 aromatic carbocycles. The molecular weight excluding hydrogens is 320 g/mol. The fourth-order valence-corrected chi connectivity index (χ4v) is 3.48. The van der Waals surface area contributed by atoms with Crippen molar-refractivity contribution in [2.45, 2.75) is 6.92 Å². The molecule has 0 atom stereocenters. The molecule has 1 aromatic heterocycles. The minimum Gasteiger partial charge on any atom is -0.497 e. The normalized spacial score (nSPS) is 12.2. The van der Waals surface area contributed by atoms with E-state index in [1.54, 1.807) is 13.2 Å². The van der Waals surface area contributed by atoms with E-state index in [0.29, 0.717) is 4.80 Å². The number of thiazole rings is 1. The Hall–Kier alpha value is -2.66. The Labute approximate surface area is 144 Å². The molecule has 3 aromatic rings. The van der Waals surface area contributed by atoms with Crippen LogP contribution in [-0.2, 0) is 11.8 Å². The maximum atomic E-state index is 12.1. The number of methoxy groups -OCH3 is 1. The van der Waals surface area contributed by atoms with Gasteiger partial charge in [-0.15, -0.1) is 0 Å².